The number of nitrogens with zero attached hydrogens (tertiary/aromatic N) is 3. The summed E-state index contributed by atoms with van der Waals surface area (Å²) in [7, 11) is 0. The molecule has 1 fully saturated rings. The first-order chi connectivity index (χ1) is 7.15. The van der Waals surface area contributed by atoms with Crippen LogP contribution in [0.3, 0.4) is 0 Å². The largest absolute Gasteiger partial charge is 0.356 e. The number of piperidine rings is 1. The van der Waals surface area contributed by atoms with E-state index in [0.29, 0.717) is 5.15 Å². The molecule has 1 aliphatic heterocycles. The molecule has 0 saturated carbocycles. The molecule has 4 heteroatoms. The minimum absolute atomic E-state index is 0.538. The Morgan fingerprint density at radius 1 is 1.47 bits per heavy atom. The van der Waals surface area contributed by atoms with E-state index >= 15 is 0 Å². The van der Waals surface area contributed by atoms with Crippen LogP contribution in [0.2, 0.25) is 5.15 Å². The first-order valence-electron chi connectivity index (χ1n) is 5.41. The van der Waals surface area contributed by atoms with Gasteiger partial charge in [0.05, 0.1) is 0 Å². The zero-order chi connectivity index (χ0) is 10.8. The molecule has 0 unspecified atom stereocenters. The van der Waals surface area contributed by atoms with Crippen LogP contribution in [0.15, 0.2) is 6.07 Å². The van der Waals surface area contributed by atoms with E-state index in [4.69, 9.17) is 11.6 Å². The summed E-state index contributed by atoms with van der Waals surface area (Å²) in [6.07, 6.45) is 2.55. The van der Waals surface area contributed by atoms with E-state index in [1.54, 1.807) is 0 Å². The average molecular weight is 226 g/mol. The number of anilines is 1. The number of halogens is 1. The first kappa shape index (κ1) is 10.7. The lowest BCUT2D eigenvalue weighted by Gasteiger charge is -2.31. The van der Waals surface area contributed by atoms with Gasteiger partial charge in [-0.05, 0) is 25.7 Å². The molecule has 0 amide bonds. The quantitative estimate of drug-likeness (QED) is 0.689. The topological polar surface area (TPSA) is 29.0 Å². The van der Waals surface area contributed by atoms with Crippen molar-refractivity contribution in [3.05, 3.63) is 17.0 Å². The van der Waals surface area contributed by atoms with Gasteiger partial charge < -0.3 is 4.90 Å². The molecule has 0 aromatic carbocycles. The fourth-order valence-electron chi connectivity index (χ4n) is 2.08. The van der Waals surface area contributed by atoms with Gasteiger partial charge in [0, 0.05) is 19.2 Å². The van der Waals surface area contributed by atoms with E-state index in [1.807, 2.05) is 13.0 Å². The van der Waals surface area contributed by atoms with Crippen LogP contribution in [0, 0.1) is 12.8 Å². The van der Waals surface area contributed by atoms with Gasteiger partial charge in [0.25, 0.3) is 0 Å². The summed E-state index contributed by atoms with van der Waals surface area (Å²) >= 11 is 5.93. The predicted octanol–water partition coefficient (Wildman–Crippen LogP) is 2.67. The van der Waals surface area contributed by atoms with Crippen LogP contribution in [0.4, 0.5) is 5.82 Å². The molecule has 1 aromatic heterocycles. The standard InChI is InChI=1S/C11H16ClN3/c1-8-4-3-5-15(7-8)11-6-10(12)13-9(2)14-11/h6,8H,3-5,7H2,1-2H3/t8-/m0/s1. The summed E-state index contributed by atoms with van der Waals surface area (Å²) < 4.78 is 0. The van der Waals surface area contributed by atoms with Crippen molar-refractivity contribution in [1.82, 2.24) is 9.97 Å². The number of aromatic nitrogens is 2. The molecule has 0 N–H and O–H groups in total. The minimum atomic E-state index is 0.538. The monoisotopic (exact) mass is 225 g/mol. The average Bonchev–Trinajstić information content (AvgIpc) is 2.16. The summed E-state index contributed by atoms with van der Waals surface area (Å²) in [4.78, 5) is 10.8. The molecule has 3 nitrogen and oxygen atoms in total. The van der Waals surface area contributed by atoms with Gasteiger partial charge in [-0.2, -0.15) is 0 Å². The molecule has 0 bridgehead atoms. The zero-order valence-corrected chi connectivity index (χ0v) is 9.96. The van der Waals surface area contributed by atoms with Gasteiger partial charge in [-0.15, -0.1) is 0 Å². The van der Waals surface area contributed by atoms with E-state index in [2.05, 4.69) is 21.8 Å². The Morgan fingerprint density at radius 2 is 2.27 bits per heavy atom. The van der Waals surface area contributed by atoms with Crippen molar-refractivity contribution in [3.63, 3.8) is 0 Å². The molecule has 15 heavy (non-hydrogen) atoms. The second kappa shape index (κ2) is 4.35. The minimum Gasteiger partial charge on any atom is -0.356 e. The maximum absolute atomic E-state index is 5.93. The lowest BCUT2D eigenvalue weighted by Crippen LogP contribution is -2.34. The van der Waals surface area contributed by atoms with Crippen LogP contribution in [0.1, 0.15) is 25.6 Å². The van der Waals surface area contributed by atoms with Crippen LogP contribution in [0.5, 0.6) is 0 Å². The van der Waals surface area contributed by atoms with Crippen molar-refractivity contribution in [2.75, 3.05) is 18.0 Å². The van der Waals surface area contributed by atoms with E-state index in [9.17, 15) is 0 Å². The third kappa shape index (κ3) is 2.59. The molecule has 1 atom stereocenters. The highest BCUT2D eigenvalue weighted by Gasteiger charge is 2.18. The highest BCUT2D eigenvalue weighted by atomic mass is 35.5. The van der Waals surface area contributed by atoms with Gasteiger partial charge in [0.15, 0.2) is 0 Å². The molecular formula is C11H16ClN3. The van der Waals surface area contributed by atoms with E-state index in [1.165, 1.54) is 12.8 Å². The zero-order valence-electron chi connectivity index (χ0n) is 9.20. The Labute approximate surface area is 95.5 Å². The molecule has 2 rings (SSSR count). The SMILES string of the molecule is Cc1nc(Cl)cc(N2CCC[C@H](C)C2)n1. The summed E-state index contributed by atoms with van der Waals surface area (Å²) in [5.74, 6) is 2.46. The second-order valence-corrected chi connectivity index (χ2v) is 4.68. The van der Waals surface area contributed by atoms with Crippen molar-refractivity contribution in [2.24, 2.45) is 5.92 Å². The molecule has 0 spiro atoms. The van der Waals surface area contributed by atoms with Gasteiger partial charge in [-0.3, -0.25) is 0 Å². The normalized spacial score (nSPS) is 21.8. The van der Waals surface area contributed by atoms with Crippen molar-refractivity contribution in [1.29, 1.82) is 0 Å². The first-order valence-corrected chi connectivity index (χ1v) is 5.79. The van der Waals surface area contributed by atoms with E-state index in [0.717, 1.165) is 30.6 Å². The van der Waals surface area contributed by atoms with Crippen molar-refractivity contribution >= 4 is 17.4 Å². The van der Waals surface area contributed by atoms with E-state index in [-0.39, 0.29) is 0 Å². The number of aryl methyl sites for hydroxylation is 1. The smallest absolute Gasteiger partial charge is 0.134 e. The Bertz CT molecular complexity index is 333. The van der Waals surface area contributed by atoms with Gasteiger partial charge in [-0.25, -0.2) is 9.97 Å². The molecular weight excluding hydrogens is 210 g/mol. The summed E-state index contributed by atoms with van der Waals surface area (Å²) in [5.41, 5.74) is 0. The van der Waals surface area contributed by atoms with Gasteiger partial charge in [0.1, 0.15) is 16.8 Å². The van der Waals surface area contributed by atoms with Crippen LogP contribution in [-0.4, -0.2) is 23.1 Å². The van der Waals surface area contributed by atoms with Crippen LogP contribution >= 0.6 is 11.6 Å². The van der Waals surface area contributed by atoms with Crippen LogP contribution < -0.4 is 4.90 Å². The Morgan fingerprint density at radius 3 is 2.93 bits per heavy atom. The molecule has 82 valence electrons. The predicted molar refractivity (Wildman–Crippen MR) is 62.4 cm³/mol. The van der Waals surface area contributed by atoms with Crippen LogP contribution in [-0.2, 0) is 0 Å². The lowest BCUT2D eigenvalue weighted by atomic mass is 10.0. The third-order valence-electron chi connectivity index (χ3n) is 2.77. The fourth-order valence-corrected chi connectivity index (χ4v) is 2.30. The Kier molecular flexibility index (Phi) is 3.10. The summed E-state index contributed by atoms with van der Waals surface area (Å²) in [6, 6.07) is 1.85. The molecule has 2 heterocycles. The number of hydrogen-bond donors (Lipinski definition) is 0. The second-order valence-electron chi connectivity index (χ2n) is 4.29. The van der Waals surface area contributed by atoms with E-state index < -0.39 is 0 Å². The fraction of sp³-hybridized carbons (Fsp3) is 0.636. The van der Waals surface area contributed by atoms with Gasteiger partial charge >= 0.3 is 0 Å². The van der Waals surface area contributed by atoms with Crippen molar-refractivity contribution in [2.45, 2.75) is 26.7 Å². The highest BCUT2D eigenvalue weighted by molar-refractivity contribution is 6.29. The molecule has 1 saturated heterocycles. The maximum Gasteiger partial charge on any atom is 0.134 e. The Hall–Kier alpha value is -0.830. The van der Waals surface area contributed by atoms with Crippen molar-refractivity contribution < 1.29 is 0 Å². The summed E-state index contributed by atoms with van der Waals surface area (Å²) in [6.45, 7) is 6.31. The number of rotatable bonds is 1. The molecule has 1 aliphatic rings. The molecule has 0 aliphatic carbocycles. The van der Waals surface area contributed by atoms with Crippen molar-refractivity contribution in [3.8, 4) is 0 Å². The Balaban J connectivity index is 2.20. The maximum atomic E-state index is 5.93. The summed E-state index contributed by atoms with van der Waals surface area (Å²) in [5, 5.41) is 0.538. The third-order valence-corrected chi connectivity index (χ3v) is 2.97. The molecule has 1 aromatic rings. The molecule has 0 radical (unpaired) electrons. The highest BCUT2D eigenvalue weighted by Crippen LogP contribution is 2.22. The van der Waals surface area contributed by atoms with Crippen LogP contribution in [0.25, 0.3) is 0 Å². The number of hydrogen-bond acceptors (Lipinski definition) is 3. The van der Waals surface area contributed by atoms with Gasteiger partial charge in [0.2, 0.25) is 0 Å². The lowest BCUT2D eigenvalue weighted by molar-refractivity contribution is 0.444. The van der Waals surface area contributed by atoms with Gasteiger partial charge in [-0.1, -0.05) is 18.5 Å².